The zero-order valence-electron chi connectivity index (χ0n) is 18.2. The van der Waals surface area contributed by atoms with E-state index in [-0.39, 0.29) is 0 Å². The summed E-state index contributed by atoms with van der Waals surface area (Å²) in [6, 6.07) is 32.2. The summed E-state index contributed by atoms with van der Waals surface area (Å²) in [4.78, 5) is 0. The minimum absolute atomic E-state index is 0.828. The molecular weight excluding hydrogens is 483 g/mol. The van der Waals surface area contributed by atoms with Gasteiger partial charge in [-0.1, -0.05) is 0 Å². The van der Waals surface area contributed by atoms with Gasteiger partial charge < -0.3 is 0 Å². The first-order valence-electron chi connectivity index (χ1n) is 11.3. The zero-order valence-corrected chi connectivity index (χ0v) is 21.4. The summed E-state index contributed by atoms with van der Waals surface area (Å²) in [5.74, 6) is -3.14. The molecule has 0 N–H and O–H groups in total. The Kier molecular flexibility index (Phi) is 9.39. The van der Waals surface area contributed by atoms with E-state index in [1.165, 1.54) is 48.0 Å². The van der Waals surface area contributed by atoms with Gasteiger partial charge >= 0.3 is 202 Å². The molecule has 0 bridgehead atoms. The van der Waals surface area contributed by atoms with E-state index in [0.717, 1.165) is 17.9 Å². The minimum atomic E-state index is -3.14. The van der Waals surface area contributed by atoms with Crippen molar-refractivity contribution in [2.75, 3.05) is 11.5 Å². The Bertz CT molecular complexity index is 826. The molecule has 0 saturated carbocycles. The Labute approximate surface area is 201 Å². The van der Waals surface area contributed by atoms with Gasteiger partial charge in [0, 0.05) is 0 Å². The first-order valence-corrected chi connectivity index (χ1v) is 15.8. The van der Waals surface area contributed by atoms with Crippen molar-refractivity contribution in [3.8, 4) is 0 Å². The molecule has 3 rings (SSSR count). The summed E-state index contributed by atoms with van der Waals surface area (Å²) in [5, 5.41) is 4.81. The van der Waals surface area contributed by atoms with E-state index in [1.54, 1.807) is 0 Å². The molecule has 0 aromatic heterocycles. The molecule has 3 aromatic rings. The van der Waals surface area contributed by atoms with Crippen molar-refractivity contribution in [3.63, 3.8) is 0 Å². The number of alkyl halides is 1. The first-order chi connectivity index (χ1) is 15.2. The molecule has 0 fully saturated rings. The van der Waals surface area contributed by atoms with Crippen LogP contribution in [0.15, 0.2) is 103 Å². The van der Waals surface area contributed by atoms with Crippen LogP contribution in [-0.2, 0) is 0 Å². The van der Waals surface area contributed by atoms with Crippen LogP contribution in [0, 0.1) is 0 Å². The van der Waals surface area contributed by atoms with E-state index in [9.17, 15) is 0 Å². The second-order valence-electron chi connectivity index (χ2n) is 8.09. The Morgan fingerprint density at radius 1 is 0.581 bits per heavy atom. The molecule has 0 heterocycles. The van der Waals surface area contributed by atoms with Crippen LogP contribution >= 0.6 is 33.1 Å². The third kappa shape index (κ3) is 5.70. The van der Waals surface area contributed by atoms with Gasteiger partial charge in [0.1, 0.15) is 0 Å². The van der Waals surface area contributed by atoms with Gasteiger partial charge in [0.05, 0.1) is 0 Å². The number of hydrogen-bond donors (Lipinski definition) is 0. The van der Waals surface area contributed by atoms with E-state index in [2.05, 4.69) is 119 Å². The molecule has 0 radical (unpaired) electrons. The van der Waals surface area contributed by atoms with Crippen molar-refractivity contribution < 1.29 is 0 Å². The molecule has 0 amide bonds. The molecule has 0 atom stereocenters. The predicted octanol–water partition coefficient (Wildman–Crippen LogP) is 7.96. The molecule has 31 heavy (non-hydrogen) atoms. The predicted molar refractivity (Wildman–Crippen MR) is 147 cm³/mol. The molecule has 0 nitrogen and oxygen atoms in total. The quantitative estimate of drug-likeness (QED) is 0.0993. The summed E-state index contributed by atoms with van der Waals surface area (Å²) in [6.07, 6.45) is 13.1. The SMILES string of the molecule is ClP(CC=CCCCCCCCBr)(c1ccccc1)(c1ccccc1)c1ccccc1. The fraction of sp³-hybridized carbons (Fsp3) is 0.286. The zero-order chi connectivity index (χ0) is 21.9. The maximum atomic E-state index is 8.05. The van der Waals surface area contributed by atoms with Gasteiger partial charge in [-0.15, -0.1) is 0 Å². The van der Waals surface area contributed by atoms with Gasteiger partial charge in [0.15, 0.2) is 0 Å². The van der Waals surface area contributed by atoms with Gasteiger partial charge in [0.25, 0.3) is 0 Å². The summed E-state index contributed by atoms with van der Waals surface area (Å²) < 4.78 is 0. The van der Waals surface area contributed by atoms with Gasteiger partial charge in [0.2, 0.25) is 0 Å². The molecule has 0 aliphatic rings. The number of benzene rings is 3. The molecule has 0 aliphatic heterocycles. The maximum absolute atomic E-state index is 8.05. The Hall–Kier alpha value is -1.40. The standard InChI is InChI=1S/C28H33BrClP/c29-24-16-5-3-1-2-4-6-17-25-31(30,26-18-10-7-11-19-26,27-20-12-8-13-21-27)28-22-14-9-15-23-28/h6-15,17-23H,1-5,16,24-25H2. The van der Waals surface area contributed by atoms with Gasteiger partial charge in [-0.25, -0.2) is 0 Å². The Balaban J connectivity index is 1.93. The van der Waals surface area contributed by atoms with Crippen LogP contribution in [0.2, 0.25) is 0 Å². The third-order valence-electron chi connectivity index (χ3n) is 6.00. The second-order valence-corrected chi connectivity index (χ2v) is 15.4. The number of halogens is 2. The fourth-order valence-corrected chi connectivity index (χ4v) is 10.4. The van der Waals surface area contributed by atoms with E-state index in [1.807, 2.05) is 0 Å². The molecular formula is C28H33BrClP. The van der Waals surface area contributed by atoms with Crippen molar-refractivity contribution >= 4 is 49.0 Å². The summed E-state index contributed by atoms with van der Waals surface area (Å²) in [5.41, 5.74) is 0. The molecule has 164 valence electrons. The summed E-state index contributed by atoms with van der Waals surface area (Å²) in [7, 11) is 0. The molecule has 0 aliphatic carbocycles. The average molecular weight is 516 g/mol. The Morgan fingerprint density at radius 2 is 1.00 bits per heavy atom. The molecule has 3 aromatic carbocycles. The third-order valence-corrected chi connectivity index (χ3v) is 13.8. The monoisotopic (exact) mass is 514 g/mol. The van der Waals surface area contributed by atoms with Crippen LogP contribution in [0.5, 0.6) is 0 Å². The van der Waals surface area contributed by atoms with Crippen LogP contribution in [-0.4, -0.2) is 11.5 Å². The van der Waals surface area contributed by atoms with Crippen molar-refractivity contribution in [1.82, 2.24) is 0 Å². The van der Waals surface area contributed by atoms with Crippen molar-refractivity contribution in [1.29, 1.82) is 0 Å². The second kappa shape index (κ2) is 12.0. The number of rotatable bonds is 12. The molecule has 3 heteroatoms. The first kappa shape index (κ1) is 24.2. The normalized spacial score (nSPS) is 13.2. The van der Waals surface area contributed by atoms with Crippen LogP contribution in [0.1, 0.15) is 38.5 Å². The number of allylic oxidation sites excluding steroid dienone is 2. The summed E-state index contributed by atoms with van der Waals surface area (Å²) >= 11 is 11.6. The van der Waals surface area contributed by atoms with Crippen molar-refractivity contribution in [2.45, 2.75) is 38.5 Å². The van der Waals surface area contributed by atoms with Crippen LogP contribution in [0.25, 0.3) is 0 Å². The van der Waals surface area contributed by atoms with E-state index >= 15 is 0 Å². The Morgan fingerprint density at radius 3 is 1.45 bits per heavy atom. The molecule has 0 saturated heterocycles. The van der Waals surface area contributed by atoms with Crippen LogP contribution in [0.4, 0.5) is 0 Å². The summed E-state index contributed by atoms with van der Waals surface area (Å²) in [6.45, 7) is 0. The fourth-order valence-electron chi connectivity index (χ4n) is 4.26. The van der Waals surface area contributed by atoms with E-state index in [0.29, 0.717) is 0 Å². The van der Waals surface area contributed by atoms with Crippen molar-refractivity contribution in [2.24, 2.45) is 0 Å². The molecule has 0 unspecified atom stereocenters. The molecule has 0 spiro atoms. The van der Waals surface area contributed by atoms with Crippen LogP contribution in [0.3, 0.4) is 0 Å². The van der Waals surface area contributed by atoms with E-state index < -0.39 is 5.96 Å². The van der Waals surface area contributed by atoms with Gasteiger partial charge in [-0.2, -0.15) is 0 Å². The number of hydrogen-bond acceptors (Lipinski definition) is 0. The van der Waals surface area contributed by atoms with E-state index in [4.69, 9.17) is 11.2 Å². The topological polar surface area (TPSA) is 0 Å². The van der Waals surface area contributed by atoms with Gasteiger partial charge in [-0.05, 0) is 0 Å². The number of unbranched alkanes of at least 4 members (excludes halogenated alkanes) is 5. The van der Waals surface area contributed by atoms with Gasteiger partial charge in [-0.3, -0.25) is 0 Å². The average Bonchev–Trinajstić information content (AvgIpc) is 2.84. The van der Waals surface area contributed by atoms with Crippen LogP contribution < -0.4 is 15.9 Å². The van der Waals surface area contributed by atoms with Crippen molar-refractivity contribution in [3.05, 3.63) is 103 Å².